The van der Waals surface area contributed by atoms with Crippen molar-refractivity contribution in [2.24, 2.45) is 11.8 Å². The zero-order valence-electron chi connectivity index (χ0n) is 16.2. The maximum absolute atomic E-state index is 13.0. The third-order valence-corrected chi connectivity index (χ3v) is 5.31. The summed E-state index contributed by atoms with van der Waals surface area (Å²) in [5.74, 6) is -0.406. The lowest BCUT2D eigenvalue weighted by Crippen LogP contribution is -2.57. The van der Waals surface area contributed by atoms with E-state index in [2.05, 4.69) is 22.6 Å². The molecule has 2 N–H and O–H groups in total. The number of nitrogens with zero attached hydrogens (tertiary/aromatic N) is 2. The number of carbonyl (C=O) groups is 2. The van der Waals surface area contributed by atoms with Gasteiger partial charge in [-0.1, -0.05) is 25.1 Å². The van der Waals surface area contributed by atoms with E-state index in [1.54, 1.807) is 12.1 Å². The van der Waals surface area contributed by atoms with E-state index >= 15 is 0 Å². The van der Waals surface area contributed by atoms with E-state index in [1.165, 1.54) is 0 Å². The van der Waals surface area contributed by atoms with Gasteiger partial charge in [-0.15, -0.1) is 0 Å². The van der Waals surface area contributed by atoms with Crippen molar-refractivity contribution in [3.05, 3.63) is 30.3 Å². The number of likely N-dealkylation sites (tertiary alicyclic amines) is 1. The molecular weight excluding hydrogens is 344 g/mol. The third kappa shape index (κ3) is 4.48. The number of fused-ring (bicyclic) bond motifs is 1. The molecule has 1 aromatic rings. The number of benzene rings is 1. The zero-order chi connectivity index (χ0) is 19.2. The van der Waals surface area contributed by atoms with Crippen LogP contribution in [0, 0.1) is 11.8 Å². The van der Waals surface area contributed by atoms with Crippen molar-refractivity contribution in [2.45, 2.75) is 25.8 Å². The SMILES string of the molecule is CCCN1CC(C(=O)NCCCOC)C2NN(c3ccccc3)C(=O)C2C1. The van der Waals surface area contributed by atoms with Crippen LogP contribution in [-0.4, -0.2) is 62.7 Å². The summed E-state index contributed by atoms with van der Waals surface area (Å²) in [6.07, 6.45) is 1.79. The maximum atomic E-state index is 13.0. The first-order chi connectivity index (χ1) is 13.2. The Bertz CT molecular complexity index is 639. The lowest BCUT2D eigenvalue weighted by Gasteiger charge is -2.38. The Morgan fingerprint density at radius 3 is 2.78 bits per heavy atom. The highest BCUT2D eigenvalue weighted by atomic mass is 16.5. The predicted octanol–water partition coefficient (Wildman–Crippen LogP) is 1.02. The number of amides is 2. The second kappa shape index (κ2) is 9.30. The van der Waals surface area contributed by atoms with E-state index in [-0.39, 0.29) is 29.7 Å². The van der Waals surface area contributed by atoms with Crippen LogP contribution in [0.25, 0.3) is 0 Å². The molecule has 7 heteroatoms. The van der Waals surface area contributed by atoms with Gasteiger partial charge in [-0.25, -0.2) is 10.4 Å². The molecule has 3 unspecified atom stereocenters. The summed E-state index contributed by atoms with van der Waals surface area (Å²) < 4.78 is 5.04. The molecule has 3 atom stereocenters. The standard InChI is InChI=1S/C20H30N4O3/c1-3-11-23-13-16(19(25)21-10-7-12-27-2)18-17(14-23)20(26)24(22-18)15-8-5-4-6-9-15/h4-6,8-9,16-18,22H,3,7,10-14H2,1-2H3,(H,21,25). The molecule has 0 aromatic heterocycles. The lowest BCUT2D eigenvalue weighted by molar-refractivity contribution is -0.129. The van der Waals surface area contributed by atoms with Crippen molar-refractivity contribution in [3.63, 3.8) is 0 Å². The van der Waals surface area contributed by atoms with Gasteiger partial charge in [-0.3, -0.25) is 9.59 Å². The van der Waals surface area contributed by atoms with E-state index in [9.17, 15) is 9.59 Å². The Hall–Kier alpha value is -1.96. The largest absolute Gasteiger partial charge is 0.385 e. The number of hydrazine groups is 1. The first-order valence-electron chi connectivity index (χ1n) is 9.80. The molecule has 0 spiro atoms. The number of para-hydroxylation sites is 1. The number of nitrogens with one attached hydrogen (secondary N) is 2. The van der Waals surface area contributed by atoms with E-state index in [4.69, 9.17) is 4.74 Å². The molecule has 0 saturated carbocycles. The number of carbonyl (C=O) groups excluding carboxylic acids is 2. The van der Waals surface area contributed by atoms with Gasteiger partial charge in [0.2, 0.25) is 11.8 Å². The van der Waals surface area contributed by atoms with Crippen molar-refractivity contribution in [1.29, 1.82) is 0 Å². The van der Waals surface area contributed by atoms with Gasteiger partial charge >= 0.3 is 0 Å². The van der Waals surface area contributed by atoms with Gasteiger partial charge in [-0.2, -0.15) is 0 Å². The number of piperidine rings is 1. The van der Waals surface area contributed by atoms with Gasteiger partial charge in [0.1, 0.15) is 0 Å². The normalized spacial score (nSPS) is 25.5. The minimum Gasteiger partial charge on any atom is -0.385 e. The first-order valence-corrected chi connectivity index (χ1v) is 9.80. The Morgan fingerprint density at radius 2 is 2.07 bits per heavy atom. The van der Waals surface area contributed by atoms with Crippen molar-refractivity contribution in [3.8, 4) is 0 Å². The first kappa shape index (κ1) is 19.8. The molecule has 0 bridgehead atoms. The summed E-state index contributed by atoms with van der Waals surface area (Å²) in [6, 6.07) is 9.40. The van der Waals surface area contributed by atoms with E-state index < -0.39 is 0 Å². The van der Waals surface area contributed by atoms with Crippen molar-refractivity contribution in [2.75, 3.05) is 44.9 Å². The van der Waals surface area contributed by atoms with Gasteiger partial charge in [0.05, 0.1) is 23.6 Å². The highest BCUT2D eigenvalue weighted by Gasteiger charge is 2.50. The molecule has 2 heterocycles. The quantitative estimate of drug-likeness (QED) is 0.665. The van der Waals surface area contributed by atoms with Crippen LogP contribution in [0.5, 0.6) is 0 Å². The summed E-state index contributed by atoms with van der Waals surface area (Å²) >= 11 is 0. The van der Waals surface area contributed by atoms with Gasteiger partial charge in [0, 0.05) is 33.4 Å². The Labute approximate surface area is 161 Å². The van der Waals surface area contributed by atoms with E-state index in [0.717, 1.165) is 25.1 Å². The summed E-state index contributed by atoms with van der Waals surface area (Å²) in [4.78, 5) is 28.1. The maximum Gasteiger partial charge on any atom is 0.247 e. The average Bonchev–Trinajstić information content (AvgIpc) is 3.02. The topological polar surface area (TPSA) is 73.9 Å². The molecule has 2 amide bonds. The number of hydrogen-bond acceptors (Lipinski definition) is 5. The van der Waals surface area contributed by atoms with Gasteiger partial charge in [0.25, 0.3) is 0 Å². The van der Waals surface area contributed by atoms with Crippen molar-refractivity contribution in [1.82, 2.24) is 15.6 Å². The van der Waals surface area contributed by atoms with E-state index in [0.29, 0.717) is 26.2 Å². The fourth-order valence-electron chi connectivity index (χ4n) is 4.01. The highest BCUT2D eigenvalue weighted by Crippen LogP contribution is 2.31. The van der Waals surface area contributed by atoms with Gasteiger partial charge < -0.3 is 15.0 Å². The van der Waals surface area contributed by atoms with Crippen LogP contribution >= 0.6 is 0 Å². The van der Waals surface area contributed by atoms with Crippen LogP contribution in [0.1, 0.15) is 19.8 Å². The lowest BCUT2D eigenvalue weighted by atomic mass is 9.84. The molecule has 2 aliphatic heterocycles. The van der Waals surface area contributed by atoms with Gasteiger partial charge in [-0.05, 0) is 31.5 Å². The highest BCUT2D eigenvalue weighted by molar-refractivity contribution is 5.98. The smallest absolute Gasteiger partial charge is 0.247 e. The van der Waals surface area contributed by atoms with Crippen LogP contribution in [0.15, 0.2) is 30.3 Å². The average molecular weight is 374 g/mol. The number of hydrogen-bond donors (Lipinski definition) is 2. The molecule has 3 rings (SSSR count). The predicted molar refractivity (Wildman–Crippen MR) is 104 cm³/mol. The fourth-order valence-corrected chi connectivity index (χ4v) is 4.01. The number of ether oxygens (including phenoxy) is 1. The minimum absolute atomic E-state index is 0.0112. The summed E-state index contributed by atoms with van der Waals surface area (Å²) in [7, 11) is 1.66. The van der Waals surface area contributed by atoms with Crippen LogP contribution in [0.2, 0.25) is 0 Å². The molecule has 7 nitrogen and oxygen atoms in total. The molecule has 2 aliphatic rings. The minimum atomic E-state index is -0.254. The van der Waals surface area contributed by atoms with Gasteiger partial charge in [0.15, 0.2) is 0 Å². The third-order valence-electron chi connectivity index (χ3n) is 5.31. The second-order valence-corrected chi connectivity index (χ2v) is 7.27. The summed E-state index contributed by atoms with van der Waals surface area (Å²) in [5, 5.41) is 4.64. The molecule has 0 radical (unpaired) electrons. The molecule has 1 aromatic carbocycles. The van der Waals surface area contributed by atoms with Crippen LogP contribution in [-0.2, 0) is 14.3 Å². The van der Waals surface area contributed by atoms with Crippen molar-refractivity contribution < 1.29 is 14.3 Å². The Balaban J connectivity index is 1.74. The molecule has 148 valence electrons. The number of rotatable bonds is 8. The van der Waals surface area contributed by atoms with E-state index in [1.807, 2.05) is 30.3 Å². The Kier molecular flexibility index (Phi) is 6.82. The zero-order valence-corrected chi connectivity index (χ0v) is 16.2. The number of methoxy groups -OCH3 is 1. The molecule has 0 aliphatic carbocycles. The summed E-state index contributed by atoms with van der Waals surface area (Å²) in [6.45, 7) is 5.60. The molecular formula is C20H30N4O3. The number of anilines is 1. The molecule has 27 heavy (non-hydrogen) atoms. The van der Waals surface area contributed by atoms with Crippen LogP contribution in [0.3, 0.4) is 0 Å². The fraction of sp³-hybridized carbons (Fsp3) is 0.600. The molecule has 2 fully saturated rings. The van der Waals surface area contributed by atoms with Crippen LogP contribution < -0.4 is 15.8 Å². The second-order valence-electron chi connectivity index (χ2n) is 7.27. The summed E-state index contributed by atoms with van der Waals surface area (Å²) in [5.41, 5.74) is 4.14. The molecule has 2 saturated heterocycles. The monoisotopic (exact) mass is 374 g/mol. The Morgan fingerprint density at radius 1 is 1.30 bits per heavy atom. The van der Waals surface area contributed by atoms with Crippen molar-refractivity contribution >= 4 is 17.5 Å². The van der Waals surface area contributed by atoms with Crippen LogP contribution in [0.4, 0.5) is 5.69 Å².